The maximum absolute atomic E-state index is 12.9. The monoisotopic (exact) mass is 391 g/mol. The lowest BCUT2D eigenvalue weighted by Gasteiger charge is -2.40. The van der Waals surface area contributed by atoms with Crippen LogP contribution >= 0.6 is 0 Å². The van der Waals surface area contributed by atoms with E-state index in [0.29, 0.717) is 30.1 Å². The summed E-state index contributed by atoms with van der Waals surface area (Å²) in [7, 11) is 5.85. The standard InChI is InChI=1S/C20H25NO7/c1-25-16-6-5-11(17(26-2)18(16)27-3)10-7-14-12(15(22)8-10)9-13(19(23)21-14)20(24)28-4/h5-6,10,12-14H,7-9H2,1-4H3,(H,21,23). The molecular formula is C20H25NO7. The number of Topliss-reactive ketones (excluding diaryl/α,β-unsaturated/α-hetero) is 1. The third kappa shape index (κ3) is 3.39. The SMILES string of the molecule is COC(=O)C1CC2C(=O)CC(c3ccc(OC)c(OC)c3OC)CC2NC1=O. The molecule has 1 aliphatic heterocycles. The minimum atomic E-state index is -0.928. The molecule has 8 nitrogen and oxygen atoms in total. The Bertz CT molecular complexity index is 791. The highest BCUT2D eigenvalue weighted by Crippen LogP contribution is 2.47. The van der Waals surface area contributed by atoms with Crippen LogP contribution in [0.25, 0.3) is 0 Å². The van der Waals surface area contributed by atoms with Crippen LogP contribution in [0.3, 0.4) is 0 Å². The van der Waals surface area contributed by atoms with Gasteiger partial charge in [-0.05, 0) is 24.8 Å². The minimum absolute atomic E-state index is 0.0204. The highest BCUT2D eigenvalue weighted by Gasteiger charge is 2.47. The Labute approximate surface area is 163 Å². The molecule has 1 aromatic carbocycles. The largest absolute Gasteiger partial charge is 0.493 e. The van der Waals surface area contributed by atoms with E-state index in [0.717, 1.165) is 5.56 Å². The fraction of sp³-hybridized carbons (Fsp3) is 0.550. The highest BCUT2D eigenvalue weighted by atomic mass is 16.5. The van der Waals surface area contributed by atoms with E-state index < -0.39 is 11.9 Å². The third-order valence-corrected chi connectivity index (χ3v) is 5.68. The average molecular weight is 391 g/mol. The fourth-order valence-electron chi connectivity index (χ4n) is 4.30. The van der Waals surface area contributed by atoms with Gasteiger partial charge in [0.1, 0.15) is 11.7 Å². The van der Waals surface area contributed by atoms with Gasteiger partial charge in [0.25, 0.3) is 0 Å². The van der Waals surface area contributed by atoms with E-state index in [1.54, 1.807) is 13.2 Å². The van der Waals surface area contributed by atoms with Gasteiger partial charge in [0.15, 0.2) is 11.5 Å². The zero-order chi connectivity index (χ0) is 20.4. The van der Waals surface area contributed by atoms with E-state index in [2.05, 4.69) is 10.1 Å². The molecule has 0 aromatic heterocycles. The summed E-state index contributed by atoms with van der Waals surface area (Å²) in [6.45, 7) is 0. The Hall–Kier alpha value is -2.77. The molecule has 28 heavy (non-hydrogen) atoms. The van der Waals surface area contributed by atoms with Crippen molar-refractivity contribution in [3.05, 3.63) is 17.7 Å². The van der Waals surface area contributed by atoms with Gasteiger partial charge in [0.05, 0.1) is 28.4 Å². The van der Waals surface area contributed by atoms with Crippen molar-refractivity contribution in [2.75, 3.05) is 28.4 Å². The lowest BCUT2D eigenvalue weighted by atomic mass is 9.69. The van der Waals surface area contributed by atoms with Gasteiger partial charge in [-0.1, -0.05) is 6.07 Å². The number of rotatable bonds is 5. The second-order valence-corrected chi connectivity index (χ2v) is 7.06. The van der Waals surface area contributed by atoms with Gasteiger partial charge in [0.2, 0.25) is 11.7 Å². The molecule has 2 fully saturated rings. The first-order valence-corrected chi connectivity index (χ1v) is 9.14. The van der Waals surface area contributed by atoms with Crippen LogP contribution in [-0.4, -0.2) is 52.1 Å². The number of esters is 1. The summed E-state index contributed by atoms with van der Waals surface area (Å²) in [6, 6.07) is 3.32. The number of methoxy groups -OCH3 is 4. The van der Waals surface area contributed by atoms with Crippen LogP contribution in [0.4, 0.5) is 0 Å². The van der Waals surface area contributed by atoms with E-state index in [1.165, 1.54) is 21.3 Å². The lowest BCUT2D eigenvalue weighted by molar-refractivity contribution is -0.154. The maximum Gasteiger partial charge on any atom is 0.318 e. The predicted molar refractivity (Wildman–Crippen MR) is 98.6 cm³/mol. The first-order valence-electron chi connectivity index (χ1n) is 9.14. The molecule has 3 rings (SSSR count). The molecule has 0 radical (unpaired) electrons. The summed E-state index contributed by atoms with van der Waals surface area (Å²) >= 11 is 0. The summed E-state index contributed by atoms with van der Waals surface area (Å²) < 4.78 is 21.0. The summed E-state index contributed by atoms with van der Waals surface area (Å²) in [5.74, 6) is -0.900. The maximum atomic E-state index is 12.9. The number of carbonyl (C=O) groups excluding carboxylic acids is 3. The number of hydrogen-bond donors (Lipinski definition) is 1. The second kappa shape index (κ2) is 8.08. The summed E-state index contributed by atoms with van der Waals surface area (Å²) in [6.07, 6.45) is 1.07. The van der Waals surface area contributed by atoms with Gasteiger partial charge < -0.3 is 24.3 Å². The van der Waals surface area contributed by atoms with Crippen LogP contribution in [0.15, 0.2) is 12.1 Å². The number of amides is 1. The van der Waals surface area contributed by atoms with Crippen molar-refractivity contribution in [2.45, 2.75) is 31.2 Å². The fourth-order valence-corrected chi connectivity index (χ4v) is 4.30. The van der Waals surface area contributed by atoms with Crippen molar-refractivity contribution in [3.8, 4) is 17.2 Å². The first-order chi connectivity index (χ1) is 13.4. The molecule has 4 atom stereocenters. The van der Waals surface area contributed by atoms with Gasteiger partial charge in [-0.2, -0.15) is 0 Å². The van der Waals surface area contributed by atoms with Crippen molar-refractivity contribution in [2.24, 2.45) is 11.8 Å². The topological polar surface area (TPSA) is 100 Å². The van der Waals surface area contributed by atoms with Crippen LogP contribution in [0, 0.1) is 11.8 Å². The van der Waals surface area contributed by atoms with E-state index in [-0.39, 0.29) is 36.0 Å². The van der Waals surface area contributed by atoms with Gasteiger partial charge in [-0.15, -0.1) is 0 Å². The van der Waals surface area contributed by atoms with Crippen LogP contribution in [0.2, 0.25) is 0 Å². The molecule has 1 N–H and O–H groups in total. The Morgan fingerprint density at radius 2 is 1.71 bits per heavy atom. The van der Waals surface area contributed by atoms with Gasteiger partial charge in [-0.3, -0.25) is 14.4 Å². The molecule has 8 heteroatoms. The number of nitrogens with one attached hydrogen (secondary N) is 1. The number of ketones is 1. The Morgan fingerprint density at radius 1 is 1.00 bits per heavy atom. The van der Waals surface area contributed by atoms with Gasteiger partial charge in [0, 0.05) is 23.9 Å². The number of hydrogen-bond acceptors (Lipinski definition) is 7. The van der Waals surface area contributed by atoms with Gasteiger partial charge in [-0.25, -0.2) is 0 Å². The molecule has 1 amide bonds. The predicted octanol–water partition coefficient (Wildman–Crippen LogP) is 1.45. The number of carbonyl (C=O) groups is 3. The molecule has 1 aromatic rings. The normalized spacial score (nSPS) is 26.7. The Balaban J connectivity index is 1.88. The second-order valence-electron chi connectivity index (χ2n) is 7.06. The van der Waals surface area contributed by atoms with E-state index in [9.17, 15) is 14.4 Å². The number of fused-ring (bicyclic) bond motifs is 1. The van der Waals surface area contributed by atoms with Crippen molar-refractivity contribution < 1.29 is 33.3 Å². The van der Waals surface area contributed by atoms with Crippen LogP contribution in [-0.2, 0) is 19.1 Å². The Kier molecular flexibility index (Phi) is 5.76. The average Bonchev–Trinajstić information content (AvgIpc) is 2.71. The molecule has 0 bridgehead atoms. The number of ether oxygens (including phenoxy) is 4. The molecule has 1 saturated carbocycles. The molecule has 1 heterocycles. The van der Waals surface area contributed by atoms with E-state index >= 15 is 0 Å². The van der Waals surface area contributed by atoms with E-state index in [1.807, 2.05) is 6.07 Å². The van der Waals surface area contributed by atoms with Crippen LogP contribution in [0.1, 0.15) is 30.7 Å². The number of benzene rings is 1. The van der Waals surface area contributed by atoms with Crippen molar-refractivity contribution in [3.63, 3.8) is 0 Å². The zero-order valence-corrected chi connectivity index (χ0v) is 16.4. The van der Waals surface area contributed by atoms with Crippen molar-refractivity contribution in [1.82, 2.24) is 5.32 Å². The molecule has 2 aliphatic rings. The molecule has 1 saturated heterocycles. The molecule has 4 unspecified atom stereocenters. The van der Waals surface area contributed by atoms with Crippen molar-refractivity contribution in [1.29, 1.82) is 0 Å². The molecule has 1 aliphatic carbocycles. The summed E-state index contributed by atoms with van der Waals surface area (Å²) in [5, 5.41) is 2.85. The molecular weight excluding hydrogens is 366 g/mol. The summed E-state index contributed by atoms with van der Waals surface area (Å²) in [5.41, 5.74) is 0.830. The van der Waals surface area contributed by atoms with Crippen LogP contribution < -0.4 is 19.5 Å². The Morgan fingerprint density at radius 3 is 2.32 bits per heavy atom. The number of piperidine rings is 1. The minimum Gasteiger partial charge on any atom is -0.493 e. The van der Waals surface area contributed by atoms with Gasteiger partial charge >= 0.3 is 5.97 Å². The smallest absolute Gasteiger partial charge is 0.318 e. The summed E-state index contributed by atoms with van der Waals surface area (Å²) in [4.78, 5) is 37.0. The molecule has 152 valence electrons. The van der Waals surface area contributed by atoms with Crippen LogP contribution in [0.5, 0.6) is 17.2 Å². The quantitative estimate of drug-likeness (QED) is 0.599. The van der Waals surface area contributed by atoms with E-state index in [4.69, 9.17) is 14.2 Å². The third-order valence-electron chi connectivity index (χ3n) is 5.68. The highest BCUT2D eigenvalue weighted by molar-refractivity contribution is 6.00. The zero-order valence-electron chi connectivity index (χ0n) is 16.4. The lowest BCUT2D eigenvalue weighted by Crippen LogP contribution is -2.56. The molecule has 0 spiro atoms. The van der Waals surface area contributed by atoms with Crippen molar-refractivity contribution >= 4 is 17.7 Å². The first kappa shape index (κ1) is 20.0.